The van der Waals surface area contributed by atoms with Crippen LogP contribution >= 0.6 is 0 Å². The van der Waals surface area contributed by atoms with Crippen LogP contribution in [0.25, 0.3) is 0 Å². The van der Waals surface area contributed by atoms with Crippen LogP contribution in [-0.2, 0) is 21.2 Å². The van der Waals surface area contributed by atoms with Gasteiger partial charge in [0, 0.05) is 12.6 Å². The molecule has 2 aromatic rings. The predicted octanol–water partition coefficient (Wildman–Crippen LogP) is 1.87. The SMILES string of the molecule is CNS(=O)(=O)c1ccc(CCC(=O)Nc2ccc(C)cn2)cc1. The summed E-state index contributed by atoms with van der Waals surface area (Å²) in [5.41, 5.74) is 1.92. The average molecular weight is 333 g/mol. The fourth-order valence-electron chi connectivity index (χ4n) is 1.96. The number of sulfonamides is 1. The summed E-state index contributed by atoms with van der Waals surface area (Å²) in [4.78, 5) is 16.2. The molecule has 2 N–H and O–H groups in total. The number of carbonyl (C=O) groups is 1. The van der Waals surface area contributed by atoms with Gasteiger partial charge in [0.25, 0.3) is 0 Å². The summed E-state index contributed by atoms with van der Waals surface area (Å²) in [6.45, 7) is 1.93. The van der Waals surface area contributed by atoms with Gasteiger partial charge in [-0.15, -0.1) is 0 Å². The largest absolute Gasteiger partial charge is 0.311 e. The lowest BCUT2D eigenvalue weighted by atomic mass is 10.1. The van der Waals surface area contributed by atoms with E-state index in [1.165, 1.54) is 19.2 Å². The second-order valence-electron chi connectivity index (χ2n) is 5.12. The number of aromatic nitrogens is 1. The molecule has 0 unspecified atom stereocenters. The minimum atomic E-state index is -3.43. The summed E-state index contributed by atoms with van der Waals surface area (Å²) in [5, 5.41) is 2.73. The molecule has 0 radical (unpaired) electrons. The zero-order valence-electron chi connectivity index (χ0n) is 13.0. The molecule has 1 heterocycles. The molecule has 0 fully saturated rings. The Labute approximate surface area is 136 Å². The minimum Gasteiger partial charge on any atom is -0.311 e. The maximum absolute atomic E-state index is 11.9. The van der Waals surface area contributed by atoms with Crippen molar-refractivity contribution in [2.24, 2.45) is 0 Å². The Kier molecular flexibility index (Phi) is 5.46. The van der Waals surface area contributed by atoms with E-state index < -0.39 is 10.0 Å². The standard InChI is InChI=1S/C16H19N3O3S/c1-12-3-9-15(18-11-12)19-16(20)10-6-13-4-7-14(8-5-13)23(21,22)17-2/h3-5,7-9,11,17H,6,10H2,1-2H3,(H,18,19,20). The van der Waals surface area contributed by atoms with E-state index in [0.717, 1.165) is 11.1 Å². The molecule has 0 saturated heterocycles. The van der Waals surface area contributed by atoms with Gasteiger partial charge in [-0.2, -0.15) is 0 Å². The van der Waals surface area contributed by atoms with Gasteiger partial charge in [0.05, 0.1) is 4.90 Å². The lowest BCUT2D eigenvalue weighted by Crippen LogP contribution is -2.18. The van der Waals surface area contributed by atoms with E-state index in [4.69, 9.17) is 0 Å². The zero-order valence-corrected chi connectivity index (χ0v) is 13.9. The van der Waals surface area contributed by atoms with Crippen molar-refractivity contribution in [1.29, 1.82) is 0 Å². The smallest absolute Gasteiger partial charge is 0.240 e. The first-order valence-corrected chi connectivity index (χ1v) is 8.64. The molecule has 1 aromatic carbocycles. The topological polar surface area (TPSA) is 88.2 Å². The number of rotatable bonds is 6. The Morgan fingerprint density at radius 3 is 2.39 bits per heavy atom. The second-order valence-corrected chi connectivity index (χ2v) is 7.01. The molecule has 7 heteroatoms. The van der Waals surface area contributed by atoms with E-state index >= 15 is 0 Å². The first-order chi connectivity index (χ1) is 10.9. The van der Waals surface area contributed by atoms with Crippen molar-refractivity contribution in [3.8, 4) is 0 Å². The first-order valence-electron chi connectivity index (χ1n) is 7.16. The van der Waals surface area contributed by atoms with Crippen LogP contribution in [0.3, 0.4) is 0 Å². The van der Waals surface area contributed by atoms with Gasteiger partial charge in [0.1, 0.15) is 5.82 Å². The molecule has 0 saturated carbocycles. The number of amides is 1. The Morgan fingerprint density at radius 2 is 1.83 bits per heavy atom. The second kappa shape index (κ2) is 7.34. The number of nitrogens with zero attached hydrogens (tertiary/aromatic N) is 1. The predicted molar refractivity (Wildman–Crippen MR) is 88.6 cm³/mol. The number of nitrogens with one attached hydrogen (secondary N) is 2. The summed E-state index contributed by atoms with van der Waals surface area (Å²) in [7, 11) is -2.06. The Balaban J connectivity index is 1.90. The van der Waals surface area contributed by atoms with Gasteiger partial charge in [-0.05, 0) is 49.7 Å². The first kappa shape index (κ1) is 17.1. The van der Waals surface area contributed by atoms with Crippen LogP contribution in [0.5, 0.6) is 0 Å². The molecule has 2 rings (SSSR count). The van der Waals surface area contributed by atoms with E-state index in [1.54, 1.807) is 24.4 Å². The summed E-state index contributed by atoms with van der Waals surface area (Å²) < 4.78 is 25.5. The fourth-order valence-corrected chi connectivity index (χ4v) is 2.69. The van der Waals surface area contributed by atoms with Crippen LogP contribution in [0.1, 0.15) is 17.5 Å². The molecular weight excluding hydrogens is 314 g/mol. The number of benzene rings is 1. The van der Waals surface area contributed by atoms with Crippen molar-refractivity contribution in [2.45, 2.75) is 24.7 Å². The normalized spacial score (nSPS) is 11.2. The Bertz CT molecular complexity index is 769. The highest BCUT2D eigenvalue weighted by Gasteiger charge is 2.11. The van der Waals surface area contributed by atoms with E-state index in [1.807, 2.05) is 13.0 Å². The molecule has 1 aromatic heterocycles. The monoisotopic (exact) mass is 333 g/mol. The number of aryl methyl sites for hydroxylation is 2. The van der Waals surface area contributed by atoms with Crippen molar-refractivity contribution in [1.82, 2.24) is 9.71 Å². The number of hydrogen-bond acceptors (Lipinski definition) is 4. The maximum Gasteiger partial charge on any atom is 0.240 e. The summed E-state index contributed by atoms with van der Waals surface area (Å²) in [5.74, 6) is 0.393. The molecule has 0 bridgehead atoms. The van der Waals surface area contributed by atoms with Gasteiger partial charge in [0.2, 0.25) is 15.9 Å². The van der Waals surface area contributed by atoms with Gasteiger partial charge in [-0.25, -0.2) is 18.1 Å². The fraction of sp³-hybridized carbons (Fsp3) is 0.250. The summed E-state index contributed by atoms with van der Waals surface area (Å²) >= 11 is 0. The van der Waals surface area contributed by atoms with Crippen molar-refractivity contribution < 1.29 is 13.2 Å². The van der Waals surface area contributed by atoms with E-state index in [9.17, 15) is 13.2 Å². The zero-order chi connectivity index (χ0) is 16.9. The van der Waals surface area contributed by atoms with Crippen molar-refractivity contribution in [3.05, 3.63) is 53.7 Å². The molecule has 0 aliphatic carbocycles. The third kappa shape index (κ3) is 4.87. The Morgan fingerprint density at radius 1 is 1.13 bits per heavy atom. The van der Waals surface area contributed by atoms with Gasteiger partial charge >= 0.3 is 0 Å². The highest BCUT2D eigenvalue weighted by atomic mass is 32.2. The molecular formula is C16H19N3O3S. The van der Waals surface area contributed by atoms with Crippen LogP contribution in [0, 0.1) is 6.92 Å². The highest BCUT2D eigenvalue weighted by Crippen LogP contribution is 2.12. The van der Waals surface area contributed by atoms with Crippen LogP contribution in [0.15, 0.2) is 47.5 Å². The van der Waals surface area contributed by atoms with Gasteiger partial charge < -0.3 is 5.32 Å². The molecule has 0 spiro atoms. The van der Waals surface area contributed by atoms with Crippen molar-refractivity contribution in [3.63, 3.8) is 0 Å². The molecule has 122 valence electrons. The summed E-state index contributed by atoms with van der Waals surface area (Å²) in [6.07, 6.45) is 2.52. The third-order valence-electron chi connectivity index (χ3n) is 3.32. The molecule has 0 atom stereocenters. The minimum absolute atomic E-state index is 0.131. The maximum atomic E-state index is 11.9. The molecule has 0 aliphatic heterocycles. The van der Waals surface area contributed by atoms with Crippen LogP contribution < -0.4 is 10.0 Å². The van der Waals surface area contributed by atoms with Gasteiger partial charge in [-0.3, -0.25) is 4.79 Å². The van der Waals surface area contributed by atoms with Crippen molar-refractivity contribution in [2.75, 3.05) is 12.4 Å². The van der Waals surface area contributed by atoms with Crippen molar-refractivity contribution >= 4 is 21.7 Å². The van der Waals surface area contributed by atoms with Crippen LogP contribution in [-0.4, -0.2) is 26.4 Å². The van der Waals surface area contributed by atoms with E-state index in [0.29, 0.717) is 18.7 Å². The molecule has 6 nitrogen and oxygen atoms in total. The summed E-state index contributed by atoms with van der Waals surface area (Å²) in [6, 6.07) is 10.1. The molecule has 0 aliphatic rings. The quantitative estimate of drug-likeness (QED) is 0.845. The van der Waals surface area contributed by atoms with Crippen LogP contribution in [0.4, 0.5) is 5.82 Å². The number of anilines is 1. The number of hydrogen-bond donors (Lipinski definition) is 2. The Hall–Kier alpha value is -2.25. The number of carbonyl (C=O) groups excluding carboxylic acids is 1. The molecule has 23 heavy (non-hydrogen) atoms. The van der Waals surface area contributed by atoms with E-state index in [-0.39, 0.29) is 10.8 Å². The molecule has 1 amide bonds. The van der Waals surface area contributed by atoms with Crippen LogP contribution in [0.2, 0.25) is 0 Å². The lowest BCUT2D eigenvalue weighted by Gasteiger charge is -2.06. The average Bonchev–Trinajstić information content (AvgIpc) is 2.55. The highest BCUT2D eigenvalue weighted by molar-refractivity contribution is 7.89. The van der Waals surface area contributed by atoms with E-state index in [2.05, 4.69) is 15.0 Å². The van der Waals surface area contributed by atoms with Gasteiger partial charge in [0.15, 0.2) is 0 Å². The van der Waals surface area contributed by atoms with Gasteiger partial charge in [-0.1, -0.05) is 18.2 Å². The third-order valence-corrected chi connectivity index (χ3v) is 4.75. The lowest BCUT2D eigenvalue weighted by molar-refractivity contribution is -0.116. The number of pyridine rings is 1.